The second-order valence-electron chi connectivity index (χ2n) is 2.53. The molecule has 0 fully saturated rings. The maximum absolute atomic E-state index is 10.7. The Kier molecular flexibility index (Phi) is 3.25. The van der Waals surface area contributed by atoms with Gasteiger partial charge in [0.1, 0.15) is 0 Å². The number of hydrogen-bond donors (Lipinski definition) is 1. The van der Waals surface area contributed by atoms with Crippen molar-refractivity contribution in [1.82, 2.24) is 4.37 Å². The Morgan fingerprint density at radius 3 is 2.69 bits per heavy atom. The lowest BCUT2D eigenvalue weighted by Crippen LogP contribution is -2.23. The summed E-state index contributed by atoms with van der Waals surface area (Å²) in [6.07, 6.45) is 0. The zero-order chi connectivity index (χ0) is 9.84. The molecular formula is C8H12N2O2S. The predicted molar refractivity (Wildman–Crippen MR) is 52.6 cm³/mol. The van der Waals surface area contributed by atoms with Crippen molar-refractivity contribution in [1.29, 1.82) is 0 Å². The van der Waals surface area contributed by atoms with E-state index in [1.165, 1.54) is 11.5 Å². The molecule has 0 unspecified atom stereocenters. The number of carbonyl (C=O) groups is 1. The molecule has 0 aliphatic heterocycles. The molecule has 0 atom stereocenters. The molecule has 1 rings (SSSR count). The molecule has 72 valence electrons. The first-order valence-electron chi connectivity index (χ1n) is 4.13. The number of carboxylic acids is 1. The van der Waals surface area contributed by atoms with Crippen LogP contribution in [-0.4, -0.2) is 28.5 Å². The average Bonchev–Trinajstić information content (AvgIpc) is 2.55. The molecule has 0 aliphatic carbocycles. The quantitative estimate of drug-likeness (QED) is 0.803. The van der Waals surface area contributed by atoms with Crippen molar-refractivity contribution < 1.29 is 9.90 Å². The van der Waals surface area contributed by atoms with Gasteiger partial charge in [0, 0.05) is 18.5 Å². The van der Waals surface area contributed by atoms with E-state index in [2.05, 4.69) is 4.37 Å². The van der Waals surface area contributed by atoms with Crippen molar-refractivity contribution in [2.75, 3.05) is 18.0 Å². The van der Waals surface area contributed by atoms with Crippen LogP contribution in [0.15, 0.2) is 5.38 Å². The predicted octanol–water partition coefficient (Wildman–Crippen LogP) is 1.69. The minimum Gasteiger partial charge on any atom is -0.476 e. The molecule has 1 N–H and O–H groups in total. The van der Waals surface area contributed by atoms with Gasteiger partial charge in [0.05, 0.1) is 5.69 Å². The molecule has 13 heavy (non-hydrogen) atoms. The van der Waals surface area contributed by atoms with Crippen LogP contribution in [0.1, 0.15) is 24.3 Å². The van der Waals surface area contributed by atoms with Gasteiger partial charge in [-0.15, -0.1) is 0 Å². The molecule has 0 bridgehead atoms. The Bertz CT molecular complexity index is 294. The third kappa shape index (κ3) is 1.98. The number of carboxylic acid groups (broad SMARTS) is 1. The van der Waals surface area contributed by atoms with E-state index in [4.69, 9.17) is 5.11 Å². The maximum atomic E-state index is 10.7. The molecule has 1 aromatic heterocycles. The van der Waals surface area contributed by atoms with Crippen molar-refractivity contribution in [3.05, 3.63) is 11.1 Å². The maximum Gasteiger partial charge on any atom is 0.357 e. The summed E-state index contributed by atoms with van der Waals surface area (Å²) in [6.45, 7) is 5.59. The van der Waals surface area contributed by atoms with Crippen LogP contribution in [0.4, 0.5) is 5.69 Å². The summed E-state index contributed by atoms with van der Waals surface area (Å²) in [5.41, 5.74) is 0.885. The topological polar surface area (TPSA) is 53.4 Å². The Labute approximate surface area is 81.0 Å². The first kappa shape index (κ1) is 9.98. The van der Waals surface area contributed by atoms with Gasteiger partial charge >= 0.3 is 5.97 Å². The van der Waals surface area contributed by atoms with E-state index in [1.54, 1.807) is 5.38 Å². The van der Waals surface area contributed by atoms with Crippen LogP contribution >= 0.6 is 11.5 Å². The summed E-state index contributed by atoms with van der Waals surface area (Å²) < 4.78 is 3.83. The van der Waals surface area contributed by atoms with E-state index in [9.17, 15) is 4.79 Å². The summed E-state index contributed by atoms with van der Waals surface area (Å²) >= 11 is 1.18. The van der Waals surface area contributed by atoms with E-state index in [-0.39, 0.29) is 5.69 Å². The molecule has 0 radical (unpaired) electrons. The molecule has 4 nitrogen and oxygen atoms in total. The third-order valence-corrected chi connectivity index (χ3v) is 2.47. The van der Waals surface area contributed by atoms with E-state index >= 15 is 0 Å². The summed E-state index contributed by atoms with van der Waals surface area (Å²) in [5, 5.41) is 10.6. The zero-order valence-electron chi connectivity index (χ0n) is 7.65. The molecule has 1 heterocycles. The van der Waals surface area contributed by atoms with Crippen LogP contribution < -0.4 is 4.90 Å². The molecule has 1 aromatic rings. The zero-order valence-corrected chi connectivity index (χ0v) is 8.47. The van der Waals surface area contributed by atoms with E-state index < -0.39 is 5.97 Å². The average molecular weight is 200 g/mol. The van der Waals surface area contributed by atoms with Crippen LogP contribution in [0.5, 0.6) is 0 Å². The van der Waals surface area contributed by atoms with E-state index in [1.807, 2.05) is 18.7 Å². The van der Waals surface area contributed by atoms with Gasteiger partial charge in [-0.05, 0) is 25.4 Å². The van der Waals surface area contributed by atoms with Gasteiger partial charge in [0.2, 0.25) is 0 Å². The van der Waals surface area contributed by atoms with Gasteiger partial charge in [0.15, 0.2) is 5.69 Å². The van der Waals surface area contributed by atoms with Crippen molar-refractivity contribution in [3.63, 3.8) is 0 Å². The van der Waals surface area contributed by atoms with Crippen LogP contribution in [0, 0.1) is 0 Å². The van der Waals surface area contributed by atoms with Crippen LogP contribution in [0.3, 0.4) is 0 Å². The van der Waals surface area contributed by atoms with Gasteiger partial charge in [0.25, 0.3) is 0 Å². The normalized spacial score (nSPS) is 10.0. The van der Waals surface area contributed by atoms with E-state index in [0.717, 1.165) is 18.8 Å². The monoisotopic (exact) mass is 200 g/mol. The standard InChI is InChI=1S/C8H12N2O2S/c1-3-10(4-2)6-5-13-9-7(6)8(11)12/h5H,3-4H2,1-2H3,(H,11,12). The number of hydrogen-bond acceptors (Lipinski definition) is 4. The Morgan fingerprint density at radius 1 is 1.62 bits per heavy atom. The highest BCUT2D eigenvalue weighted by atomic mass is 32.1. The number of anilines is 1. The lowest BCUT2D eigenvalue weighted by molar-refractivity contribution is 0.0692. The molecule has 0 saturated heterocycles. The SMILES string of the molecule is CCN(CC)c1csnc1C(=O)O. The minimum absolute atomic E-state index is 0.161. The Hall–Kier alpha value is -1.10. The van der Waals surface area contributed by atoms with Crippen molar-refractivity contribution in [2.24, 2.45) is 0 Å². The first-order chi connectivity index (χ1) is 6.20. The lowest BCUT2D eigenvalue weighted by Gasteiger charge is -2.19. The number of rotatable bonds is 4. The minimum atomic E-state index is -0.955. The summed E-state index contributed by atoms with van der Waals surface area (Å²) in [6, 6.07) is 0. The summed E-state index contributed by atoms with van der Waals surface area (Å²) in [4.78, 5) is 12.7. The molecule has 0 amide bonds. The highest BCUT2D eigenvalue weighted by Gasteiger charge is 2.16. The van der Waals surface area contributed by atoms with Crippen LogP contribution in [0.2, 0.25) is 0 Å². The number of aromatic nitrogens is 1. The van der Waals surface area contributed by atoms with Crippen LogP contribution in [-0.2, 0) is 0 Å². The van der Waals surface area contributed by atoms with Crippen LogP contribution in [0.25, 0.3) is 0 Å². The highest BCUT2D eigenvalue weighted by molar-refractivity contribution is 7.04. The molecule has 0 spiro atoms. The second kappa shape index (κ2) is 4.23. The van der Waals surface area contributed by atoms with Crippen molar-refractivity contribution in [2.45, 2.75) is 13.8 Å². The fraction of sp³-hybridized carbons (Fsp3) is 0.500. The van der Waals surface area contributed by atoms with Gasteiger partial charge in [-0.2, -0.15) is 4.37 Å². The third-order valence-electron chi connectivity index (χ3n) is 1.86. The number of aromatic carboxylic acids is 1. The van der Waals surface area contributed by atoms with E-state index in [0.29, 0.717) is 0 Å². The van der Waals surface area contributed by atoms with Gasteiger partial charge in [-0.3, -0.25) is 0 Å². The summed E-state index contributed by atoms with van der Waals surface area (Å²) in [5.74, 6) is -0.955. The fourth-order valence-electron chi connectivity index (χ4n) is 1.17. The second-order valence-corrected chi connectivity index (χ2v) is 3.15. The fourth-order valence-corrected chi connectivity index (χ4v) is 1.86. The molecule has 0 aromatic carbocycles. The van der Waals surface area contributed by atoms with Gasteiger partial charge in [-0.25, -0.2) is 4.79 Å². The van der Waals surface area contributed by atoms with Crippen molar-refractivity contribution >= 4 is 23.2 Å². The van der Waals surface area contributed by atoms with Gasteiger partial charge in [-0.1, -0.05) is 0 Å². The number of nitrogens with zero attached hydrogens (tertiary/aromatic N) is 2. The lowest BCUT2D eigenvalue weighted by atomic mass is 10.3. The molecule has 0 aliphatic rings. The molecule has 0 saturated carbocycles. The molecule has 5 heteroatoms. The first-order valence-corrected chi connectivity index (χ1v) is 4.97. The van der Waals surface area contributed by atoms with Crippen molar-refractivity contribution in [3.8, 4) is 0 Å². The highest BCUT2D eigenvalue weighted by Crippen LogP contribution is 2.21. The largest absolute Gasteiger partial charge is 0.476 e. The van der Waals surface area contributed by atoms with Gasteiger partial charge < -0.3 is 10.0 Å². The Balaban J connectivity index is 2.98. The molecular weight excluding hydrogens is 188 g/mol. The smallest absolute Gasteiger partial charge is 0.357 e. The Morgan fingerprint density at radius 2 is 2.23 bits per heavy atom. The summed E-state index contributed by atoms with van der Waals surface area (Å²) in [7, 11) is 0.